The van der Waals surface area contributed by atoms with E-state index in [1.54, 1.807) is 0 Å². The molecule has 0 radical (unpaired) electrons. The largest absolute Gasteiger partial charge is 0.0786 e. The summed E-state index contributed by atoms with van der Waals surface area (Å²) in [6.45, 7) is 0. The first kappa shape index (κ1) is 13.5. The van der Waals surface area contributed by atoms with Crippen molar-refractivity contribution in [1.82, 2.24) is 0 Å². The summed E-state index contributed by atoms with van der Waals surface area (Å²) < 4.78 is 1.12. The first-order valence-electron chi connectivity index (χ1n) is 7.17. The molecule has 3 aromatic carbocycles. The highest BCUT2D eigenvalue weighted by Gasteiger charge is 2.19. The molecule has 3 aromatic rings. The van der Waals surface area contributed by atoms with Gasteiger partial charge >= 0.3 is 0 Å². The van der Waals surface area contributed by atoms with Crippen LogP contribution in [0.4, 0.5) is 0 Å². The molecule has 1 unspecified atom stereocenters. The molecule has 0 amide bonds. The van der Waals surface area contributed by atoms with Gasteiger partial charge in [-0.1, -0.05) is 74.3 Å². The summed E-state index contributed by atoms with van der Waals surface area (Å²) in [6, 6.07) is 19.9. The zero-order chi connectivity index (χ0) is 14.4. The summed E-state index contributed by atoms with van der Waals surface area (Å²) in [5, 5.41) is 2.88. The lowest BCUT2D eigenvalue weighted by molar-refractivity contribution is 1.02. The van der Waals surface area contributed by atoms with Gasteiger partial charge in [-0.15, -0.1) is 0 Å². The minimum atomic E-state index is 0.232. The van der Waals surface area contributed by atoms with E-state index in [9.17, 15) is 0 Å². The summed E-state index contributed by atoms with van der Waals surface area (Å²) in [5.41, 5.74) is 5.65. The molecule has 4 rings (SSSR count). The van der Waals surface area contributed by atoms with E-state index in [0.717, 1.165) is 4.47 Å². The van der Waals surface area contributed by atoms with Crippen molar-refractivity contribution in [2.75, 3.05) is 0 Å². The zero-order valence-corrected chi connectivity index (χ0v) is 14.6. The Hall–Kier alpha value is -1.12. The van der Waals surface area contributed by atoms with Crippen LogP contribution in [0, 0.1) is 0 Å². The van der Waals surface area contributed by atoms with Crippen LogP contribution in [0.5, 0.6) is 0 Å². The molecule has 0 fully saturated rings. The van der Waals surface area contributed by atoms with Crippen LogP contribution >= 0.6 is 31.9 Å². The number of benzene rings is 3. The maximum absolute atomic E-state index is 3.89. The average Bonchev–Trinajstić information content (AvgIpc) is 2.93. The molecule has 0 spiro atoms. The molecular weight excluding hydrogens is 388 g/mol. The number of hydrogen-bond donors (Lipinski definition) is 0. The Morgan fingerprint density at radius 2 is 1.52 bits per heavy atom. The highest BCUT2D eigenvalue weighted by atomic mass is 79.9. The zero-order valence-electron chi connectivity index (χ0n) is 11.4. The van der Waals surface area contributed by atoms with Crippen molar-refractivity contribution >= 4 is 42.6 Å². The maximum atomic E-state index is 3.89. The first-order valence-corrected chi connectivity index (χ1v) is 8.88. The Balaban J connectivity index is 1.89. The fraction of sp³-hybridized carbons (Fsp3) is 0.158. The Labute approximate surface area is 141 Å². The maximum Gasteiger partial charge on any atom is 0.0650 e. The van der Waals surface area contributed by atoms with E-state index in [4.69, 9.17) is 0 Å². The van der Waals surface area contributed by atoms with Gasteiger partial charge in [0.15, 0.2) is 0 Å². The average molecular weight is 402 g/mol. The molecule has 1 aliphatic rings. The van der Waals surface area contributed by atoms with Gasteiger partial charge in [0.25, 0.3) is 0 Å². The molecule has 0 N–H and O–H groups in total. The molecule has 1 aliphatic carbocycles. The third kappa shape index (κ3) is 2.25. The molecule has 0 heterocycles. The van der Waals surface area contributed by atoms with Gasteiger partial charge in [-0.2, -0.15) is 0 Å². The van der Waals surface area contributed by atoms with Gasteiger partial charge in [0.1, 0.15) is 0 Å². The molecule has 0 saturated carbocycles. The second kappa shape index (κ2) is 5.26. The smallest absolute Gasteiger partial charge is 0.0650 e. The minimum Gasteiger partial charge on any atom is -0.0786 e. The Kier molecular flexibility index (Phi) is 3.39. The Morgan fingerprint density at radius 1 is 0.810 bits per heavy atom. The van der Waals surface area contributed by atoms with Gasteiger partial charge in [0, 0.05) is 4.47 Å². The number of rotatable bonds is 2. The highest BCUT2D eigenvalue weighted by Crippen LogP contribution is 2.40. The van der Waals surface area contributed by atoms with Crippen LogP contribution < -0.4 is 0 Å². The molecule has 2 heteroatoms. The number of halogens is 2. The van der Waals surface area contributed by atoms with E-state index in [2.05, 4.69) is 86.5 Å². The van der Waals surface area contributed by atoms with Crippen LogP contribution in [0.1, 0.15) is 27.1 Å². The number of hydrogen-bond acceptors (Lipinski definition) is 0. The van der Waals surface area contributed by atoms with Crippen LogP contribution in [0.15, 0.2) is 59.1 Å². The first-order chi connectivity index (χ1) is 10.2. The predicted octanol–water partition coefficient (Wildman–Crippen LogP) is 6.19. The van der Waals surface area contributed by atoms with E-state index in [0.29, 0.717) is 0 Å². The quantitative estimate of drug-likeness (QED) is 0.449. The second-order valence-corrected chi connectivity index (χ2v) is 7.40. The van der Waals surface area contributed by atoms with Crippen LogP contribution in [0.2, 0.25) is 0 Å². The lowest BCUT2D eigenvalue weighted by Crippen LogP contribution is -1.95. The van der Waals surface area contributed by atoms with Crippen LogP contribution in [-0.2, 0) is 12.8 Å². The molecule has 0 aromatic heterocycles. The van der Waals surface area contributed by atoms with Crippen molar-refractivity contribution in [1.29, 1.82) is 0 Å². The summed E-state index contributed by atoms with van der Waals surface area (Å²) >= 11 is 7.40. The van der Waals surface area contributed by atoms with Crippen LogP contribution in [0.3, 0.4) is 0 Å². The van der Waals surface area contributed by atoms with Crippen molar-refractivity contribution in [2.45, 2.75) is 17.7 Å². The van der Waals surface area contributed by atoms with Crippen molar-refractivity contribution < 1.29 is 0 Å². The Morgan fingerprint density at radius 3 is 2.29 bits per heavy atom. The highest BCUT2D eigenvalue weighted by molar-refractivity contribution is 9.10. The van der Waals surface area contributed by atoms with E-state index in [-0.39, 0.29) is 4.83 Å². The number of aryl methyl sites for hydroxylation is 2. The molecule has 104 valence electrons. The van der Waals surface area contributed by atoms with Crippen LogP contribution in [-0.4, -0.2) is 0 Å². The van der Waals surface area contributed by atoms with Gasteiger partial charge in [0.05, 0.1) is 4.83 Å². The Bertz CT molecular complexity index is 809. The van der Waals surface area contributed by atoms with Gasteiger partial charge in [-0.05, 0) is 58.0 Å². The van der Waals surface area contributed by atoms with Gasteiger partial charge in [-0.3, -0.25) is 0 Å². The molecule has 21 heavy (non-hydrogen) atoms. The molecular formula is C19H14Br2. The summed E-state index contributed by atoms with van der Waals surface area (Å²) in [4.78, 5) is 0.232. The molecule has 1 atom stereocenters. The van der Waals surface area contributed by atoms with Gasteiger partial charge in [-0.25, -0.2) is 0 Å². The predicted molar refractivity (Wildman–Crippen MR) is 96.3 cm³/mol. The van der Waals surface area contributed by atoms with Gasteiger partial charge < -0.3 is 0 Å². The summed E-state index contributed by atoms with van der Waals surface area (Å²) in [5.74, 6) is 0. The standard InChI is InChI=1S/C19H14Br2/c20-15-9-6-14(7-10-15)19(21)17-11-8-13-5-4-12-2-1-3-16(17)18(12)13/h1-3,6-11,19H,4-5H2. The van der Waals surface area contributed by atoms with Gasteiger partial charge in [0.2, 0.25) is 0 Å². The second-order valence-electron chi connectivity index (χ2n) is 5.57. The molecule has 0 nitrogen and oxygen atoms in total. The van der Waals surface area contributed by atoms with Crippen LogP contribution in [0.25, 0.3) is 10.8 Å². The topological polar surface area (TPSA) is 0 Å². The third-order valence-corrected chi connectivity index (χ3v) is 5.90. The fourth-order valence-corrected chi connectivity index (χ4v) is 4.27. The lowest BCUT2D eigenvalue weighted by atomic mass is 9.95. The van der Waals surface area contributed by atoms with Crippen molar-refractivity contribution in [2.24, 2.45) is 0 Å². The van der Waals surface area contributed by atoms with E-state index < -0.39 is 0 Å². The summed E-state index contributed by atoms with van der Waals surface area (Å²) in [6.07, 6.45) is 2.36. The minimum absolute atomic E-state index is 0.232. The van der Waals surface area contributed by atoms with E-state index in [1.165, 1.54) is 45.9 Å². The molecule has 0 bridgehead atoms. The SMILES string of the molecule is Brc1ccc(C(Br)c2ccc3c4c(cccc24)CC3)cc1. The van der Waals surface area contributed by atoms with Crippen molar-refractivity contribution in [3.8, 4) is 0 Å². The normalized spacial score (nSPS) is 14.6. The number of alkyl halides is 1. The van der Waals surface area contributed by atoms with Crippen molar-refractivity contribution in [3.05, 3.63) is 81.3 Å². The molecule has 0 aliphatic heterocycles. The lowest BCUT2D eigenvalue weighted by Gasteiger charge is -2.15. The summed E-state index contributed by atoms with van der Waals surface area (Å²) in [7, 11) is 0. The monoisotopic (exact) mass is 400 g/mol. The fourth-order valence-electron chi connectivity index (χ4n) is 3.30. The van der Waals surface area contributed by atoms with E-state index in [1.807, 2.05) is 0 Å². The molecule has 0 saturated heterocycles. The third-order valence-electron chi connectivity index (χ3n) is 4.35. The van der Waals surface area contributed by atoms with Crippen molar-refractivity contribution in [3.63, 3.8) is 0 Å². The van der Waals surface area contributed by atoms with E-state index >= 15 is 0 Å².